The largest absolute Gasteiger partial charge is 0.358 e. The molecule has 27 heavy (non-hydrogen) atoms. The number of rotatable bonds is 5. The SMILES string of the molecule is Cc1ccccc1NC(=S)N[C@H](C)[C@H](c1ccccc1)N1CCN(C)CC1. The normalized spacial score (nSPS) is 17.9. The van der Waals surface area contributed by atoms with Gasteiger partial charge in [-0.2, -0.15) is 0 Å². The number of piperazine rings is 1. The molecule has 0 unspecified atom stereocenters. The van der Waals surface area contributed by atoms with Gasteiger partial charge in [0.2, 0.25) is 0 Å². The Bertz CT molecular complexity index is 741. The summed E-state index contributed by atoms with van der Waals surface area (Å²) >= 11 is 5.61. The van der Waals surface area contributed by atoms with Gasteiger partial charge in [-0.05, 0) is 50.3 Å². The maximum absolute atomic E-state index is 5.61. The third-order valence-electron chi connectivity index (χ3n) is 5.30. The minimum Gasteiger partial charge on any atom is -0.358 e. The molecular formula is C22H30N4S. The summed E-state index contributed by atoms with van der Waals surface area (Å²) < 4.78 is 0. The summed E-state index contributed by atoms with van der Waals surface area (Å²) in [6.07, 6.45) is 0. The van der Waals surface area contributed by atoms with E-state index >= 15 is 0 Å². The van der Waals surface area contributed by atoms with Gasteiger partial charge in [0, 0.05) is 37.9 Å². The molecule has 1 heterocycles. The summed E-state index contributed by atoms with van der Waals surface area (Å²) in [6.45, 7) is 8.65. The molecule has 0 radical (unpaired) electrons. The Morgan fingerprint density at radius 3 is 2.26 bits per heavy atom. The molecule has 3 rings (SSSR count). The molecule has 0 spiro atoms. The van der Waals surface area contributed by atoms with E-state index in [2.05, 4.69) is 83.8 Å². The molecule has 4 nitrogen and oxygen atoms in total. The van der Waals surface area contributed by atoms with Crippen LogP contribution in [0.25, 0.3) is 0 Å². The van der Waals surface area contributed by atoms with E-state index in [9.17, 15) is 0 Å². The molecule has 0 bridgehead atoms. The van der Waals surface area contributed by atoms with Crippen LogP contribution in [0, 0.1) is 6.92 Å². The van der Waals surface area contributed by atoms with Gasteiger partial charge >= 0.3 is 0 Å². The van der Waals surface area contributed by atoms with E-state index in [0.29, 0.717) is 5.11 Å². The van der Waals surface area contributed by atoms with Crippen LogP contribution < -0.4 is 10.6 Å². The van der Waals surface area contributed by atoms with Crippen LogP contribution in [-0.2, 0) is 0 Å². The topological polar surface area (TPSA) is 30.5 Å². The molecule has 144 valence electrons. The smallest absolute Gasteiger partial charge is 0.171 e. The zero-order valence-electron chi connectivity index (χ0n) is 16.5. The van der Waals surface area contributed by atoms with E-state index in [0.717, 1.165) is 31.9 Å². The first kappa shape index (κ1) is 19.8. The number of thiocarbonyl (C=S) groups is 1. The first-order valence-corrected chi connectivity index (χ1v) is 10.1. The van der Waals surface area contributed by atoms with Crippen LogP contribution in [0.3, 0.4) is 0 Å². The predicted molar refractivity (Wildman–Crippen MR) is 118 cm³/mol. The second-order valence-electron chi connectivity index (χ2n) is 7.40. The molecular weight excluding hydrogens is 352 g/mol. The molecule has 2 aromatic rings. The van der Waals surface area contributed by atoms with Crippen LogP contribution in [0.4, 0.5) is 5.69 Å². The molecule has 1 fully saturated rings. The summed E-state index contributed by atoms with van der Waals surface area (Å²) in [5.41, 5.74) is 3.58. The zero-order valence-corrected chi connectivity index (χ0v) is 17.3. The number of para-hydroxylation sites is 1. The van der Waals surface area contributed by atoms with Gasteiger partial charge in [-0.25, -0.2) is 0 Å². The van der Waals surface area contributed by atoms with Crippen LogP contribution in [-0.4, -0.2) is 54.2 Å². The first-order chi connectivity index (χ1) is 13.0. The minimum atomic E-state index is 0.194. The lowest BCUT2D eigenvalue weighted by atomic mass is 9.98. The molecule has 1 saturated heterocycles. The highest BCUT2D eigenvalue weighted by Gasteiger charge is 2.28. The fourth-order valence-corrected chi connectivity index (χ4v) is 4.02. The fourth-order valence-electron chi connectivity index (χ4n) is 3.72. The van der Waals surface area contributed by atoms with Crippen LogP contribution in [0.1, 0.15) is 24.1 Å². The number of nitrogens with one attached hydrogen (secondary N) is 2. The van der Waals surface area contributed by atoms with Gasteiger partial charge in [-0.15, -0.1) is 0 Å². The van der Waals surface area contributed by atoms with Crippen molar-refractivity contribution in [3.05, 3.63) is 65.7 Å². The van der Waals surface area contributed by atoms with E-state index in [1.54, 1.807) is 0 Å². The maximum Gasteiger partial charge on any atom is 0.171 e. The van der Waals surface area contributed by atoms with Crippen molar-refractivity contribution < 1.29 is 0 Å². The number of benzene rings is 2. The van der Waals surface area contributed by atoms with Gasteiger partial charge < -0.3 is 15.5 Å². The van der Waals surface area contributed by atoms with Gasteiger partial charge in [0.15, 0.2) is 5.11 Å². The number of anilines is 1. The predicted octanol–water partition coefficient (Wildman–Crippen LogP) is 3.66. The Morgan fingerprint density at radius 1 is 0.963 bits per heavy atom. The Kier molecular flexibility index (Phi) is 6.83. The molecule has 0 saturated carbocycles. The molecule has 2 aromatic carbocycles. The second-order valence-corrected chi connectivity index (χ2v) is 7.81. The lowest BCUT2D eigenvalue weighted by Crippen LogP contribution is -2.52. The zero-order chi connectivity index (χ0) is 19.2. The van der Waals surface area contributed by atoms with Crippen molar-refractivity contribution in [3.8, 4) is 0 Å². The number of likely N-dealkylation sites (N-methyl/N-ethyl adjacent to an activating group) is 1. The lowest BCUT2D eigenvalue weighted by Gasteiger charge is -2.41. The number of hydrogen-bond donors (Lipinski definition) is 2. The Hall–Kier alpha value is -1.95. The average molecular weight is 383 g/mol. The quantitative estimate of drug-likeness (QED) is 0.771. The number of aryl methyl sites for hydroxylation is 1. The van der Waals surface area contributed by atoms with Crippen LogP contribution in [0.5, 0.6) is 0 Å². The van der Waals surface area contributed by atoms with Crippen molar-refractivity contribution in [1.29, 1.82) is 0 Å². The monoisotopic (exact) mass is 382 g/mol. The molecule has 0 aromatic heterocycles. The number of hydrogen-bond acceptors (Lipinski definition) is 3. The molecule has 2 N–H and O–H groups in total. The first-order valence-electron chi connectivity index (χ1n) is 9.65. The van der Waals surface area contributed by atoms with E-state index in [1.165, 1.54) is 11.1 Å². The molecule has 5 heteroatoms. The van der Waals surface area contributed by atoms with Crippen LogP contribution >= 0.6 is 12.2 Å². The Labute approximate surface area is 168 Å². The van der Waals surface area contributed by atoms with Crippen molar-refractivity contribution in [1.82, 2.24) is 15.1 Å². The highest BCUT2D eigenvalue weighted by molar-refractivity contribution is 7.80. The maximum atomic E-state index is 5.61. The van der Waals surface area contributed by atoms with Gasteiger partial charge in [-0.3, -0.25) is 4.90 Å². The molecule has 2 atom stereocenters. The van der Waals surface area contributed by atoms with Gasteiger partial charge in [0.05, 0.1) is 6.04 Å². The highest BCUT2D eigenvalue weighted by Crippen LogP contribution is 2.26. The molecule has 0 amide bonds. The third-order valence-corrected chi connectivity index (χ3v) is 5.52. The standard InChI is InChI=1S/C22H30N4S/c1-17-9-7-8-12-20(17)24-22(27)23-18(2)21(19-10-5-4-6-11-19)26-15-13-25(3)14-16-26/h4-12,18,21H,13-16H2,1-3H3,(H2,23,24,27)/t18-,21-/m1/s1. The summed E-state index contributed by atoms with van der Waals surface area (Å²) in [5.74, 6) is 0. The summed E-state index contributed by atoms with van der Waals surface area (Å²) in [6, 6.07) is 19.5. The van der Waals surface area contributed by atoms with E-state index in [4.69, 9.17) is 12.2 Å². The highest BCUT2D eigenvalue weighted by atomic mass is 32.1. The van der Waals surface area contributed by atoms with E-state index < -0.39 is 0 Å². The average Bonchev–Trinajstić information content (AvgIpc) is 2.66. The van der Waals surface area contributed by atoms with Crippen molar-refractivity contribution >= 4 is 23.0 Å². The summed E-state index contributed by atoms with van der Waals surface area (Å²) in [4.78, 5) is 4.96. The van der Waals surface area contributed by atoms with Crippen molar-refractivity contribution in [2.45, 2.75) is 25.9 Å². The van der Waals surface area contributed by atoms with E-state index in [1.807, 2.05) is 12.1 Å². The second kappa shape index (κ2) is 9.31. The lowest BCUT2D eigenvalue weighted by molar-refractivity contribution is 0.0973. The fraction of sp³-hybridized carbons (Fsp3) is 0.409. The van der Waals surface area contributed by atoms with E-state index in [-0.39, 0.29) is 12.1 Å². The molecule has 1 aliphatic heterocycles. The van der Waals surface area contributed by atoms with Gasteiger partial charge in [0.25, 0.3) is 0 Å². The summed E-state index contributed by atoms with van der Waals surface area (Å²) in [7, 11) is 2.19. The Balaban J connectivity index is 1.71. The minimum absolute atomic E-state index is 0.194. The molecule has 0 aliphatic carbocycles. The molecule has 1 aliphatic rings. The van der Waals surface area contributed by atoms with Crippen molar-refractivity contribution in [3.63, 3.8) is 0 Å². The van der Waals surface area contributed by atoms with Crippen molar-refractivity contribution in [2.24, 2.45) is 0 Å². The van der Waals surface area contributed by atoms with Gasteiger partial charge in [0.1, 0.15) is 0 Å². The Morgan fingerprint density at radius 2 is 1.59 bits per heavy atom. The van der Waals surface area contributed by atoms with Crippen molar-refractivity contribution in [2.75, 3.05) is 38.5 Å². The summed E-state index contributed by atoms with van der Waals surface area (Å²) in [5, 5.41) is 7.55. The number of nitrogens with zero attached hydrogens (tertiary/aromatic N) is 2. The van der Waals surface area contributed by atoms with Crippen LogP contribution in [0.2, 0.25) is 0 Å². The third kappa shape index (κ3) is 5.28. The van der Waals surface area contributed by atoms with Gasteiger partial charge in [-0.1, -0.05) is 48.5 Å². The van der Waals surface area contributed by atoms with Crippen LogP contribution in [0.15, 0.2) is 54.6 Å².